The van der Waals surface area contributed by atoms with Crippen LogP contribution in [-0.2, 0) is 14.3 Å². The number of esters is 1. The van der Waals surface area contributed by atoms with Crippen LogP contribution in [0, 0.1) is 0 Å². The molecule has 138 valence electrons. The summed E-state index contributed by atoms with van der Waals surface area (Å²) in [5, 5.41) is 2.96. The maximum Gasteiger partial charge on any atom is 0.307 e. The predicted molar refractivity (Wildman–Crippen MR) is 100.0 cm³/mol. The van der Waals surface area contributed by atoms with Crippen molar-refractivity contribution in [3.63, 3.8) is 0 Å². The van der Waals surface area contributed by atoms with Crippen molar-refractivity contribution in [3.8, 4) is 5.75 Å². The fraction of sp³-hybridized carbons (Fsp3) is 0.333. The number of carbonyl (C=O) groups excluding carboxylic acids is 2. The van der Waals surface area contributed by atoms with Gasteiger partial charge in [-0.2, -0.15) is 0 Å². The van der Waals surface area contributed by atoms with Crippen molar-refractivity contribution in [1.82, 2.24) is 5.32 Å². The Balaban J connectivity index is 2.07. The third-order valence-corrected chi connectivity index (χ3v) is 4.31. The Morgan fingerprint density at radius 3 is 2.15 bits per heavy atom. The molecule has 2 atom stereocenters. The molecule has 1 N–H and O–H groups in total. The van der Waals surface area contributed by atoms with Gasteiger partial charge in [0.1, 0.15) is 5.75 Å². The lowest BCUT2D eigenvalue weighted by atomic mass is 9.96. The van der Waals surface area contributed by atoms with Gasteiger partial charge in [0, 0.05) is 6.42 Å². The number of ether oxygens (including phenoxy) is 2. The summed E-state index contributed by atoms with van der Waals surface area (Å²) in [6.45, 7) is 2.01. The Hall–Kier alpha value is -2.82. The van der Waals surface area contributed by atoms with Gasteiger partial charge >= 0.3 is 5.97 Å². The molecule has 0 spiro atoms. The number of rotatable bonds is 8. The number of hydrogen-bond donors (Lipinski definition) is 1. The highest BCUT2D eigenvalue weighted by molar-refractivity contribution is 5.78. The molecule has 0 radical (unpaired) electrons. The summed E-state index contributed by atoms with van der Waals surface area (Å²) in [5.74, 6) is 0.328. The molecule has 2 rings (SSSR count). The Morgan fingerprint density at radius 1 is 0.923 bits per heavy atom. The van der Waals surface area contributed by atoms with Crippen LogP contribution < -0.4 is 10.1 Å². The molecule has 5 nitrogen and oxygen atoms in total. The topological polar surface area (TPSA) is 64.6 Å². The zero-order chi connectivity index (χ0) is 18.9. The predicted octanol–water partition coefficient (Wildman–Crippen LogP) is 3.61. The molecule has 0 saturated carbocycles. The molecule has 0 aliphatic carbocycles. The number of amides is 1. The number of methoxy groups -OCH3 is 2. The molecule has 2 aromatic carbocycles. The molecule has 1 amide bonds. The van der Waals surface area contributed by atoms with E-state index in [1.807, 2.05) is 49.4 Å². The average molecular weight is 355 g/mol. The number of hydrogen-bond acceptors (Lipinski definition) is 4. The Morgan fingerprint density at radius 2 is 1.58 bits per heavy atom. The summed E-state index contributed by atoms with van der Waals surface area (Å²) >= 11 is 0. The normalized spacial score (nSPS) is 12.7. The molecule has 2 aromatic rings. The van der Waals surface area contributed by atoms with Gasteiger partial charge in [-0.05, 0) is 29.2 Å². The maximum atomic E-state index is 12.5. The fourth-order valence-electron chi connectivity index (χ4n) is 2.77. The van der Waals surface area contributed by atoms with Gasteiger partial charge in [-0.1, -0.05) is 49.4 Å². The summed E-state index contributed by atoms with van der Waals surface area (Å²) < 4.78 is 9.92. The van der Waals surface area contributed by atoms with Gasteiger partial charge < -0.3 is 14.8 Å². The van der Waals surface area contributed by atoms with Crippen molar-refractivity contribution in [2.45, 2.75) is 31.7 Å². The van der Waals surface area contributed by atoms with Crippen LogP contribution in [0.4, 0.5) is 0 Å². The molecule has 0 bridgehead atoms. The first-order chi connectivity index (χ1) is 12.5. The van der Waals surface area contributed by atoms with E-state index in [2.05, 4.69) is 5.32 Å². The second-order valence-corrected chi connectivity index (χ2v) is 6.19. The highest BCUT2D eigenvalue weighted by Gasteiger charge is 2.20. The maximum absolute atomic E-state index is 12.5. The van der Waals surface area contributed by atoms with Gasteiger partial charge in [0.2, 0.25) is 5.91 Å². The molecule has 0 saturated heterocycles. The molecular formula is C21H25NO4. The molecule has 0 aliphatic rings. The van der Waals surface area contributed by atoms with Crippen molar-refractivity contribution in [2.75, 3.05) is 14.2 Å². The van der Waals surface area contributed by atoms with Gasteiger partial charge in [0.25, 0.3) is 0 Å². The molecule has 26 heavy (non-hydrogen) atoms. The zero-order valence-electron chi connectivity index (χ0n) is 15.4. The second-order valence-electron chi connectivity index (χ2n) is 6.19. The third-order valence-electron chi connectivity index (χ3n) is 4.31. The lowest BCUT2D eigenvalue weighted by molar-refractivity contribution is -0.141. The summed E-state index contributed by atoms with van der Waals surface area (Å²) in [6.07, 6.45) is 0.423. The van der Waals surface area contributed by atoms with Crippen LogP contribution in [0.25, 0.3) is 0 Å². The first-order valence-corrected chi connectivity index (χ1v) is 8.58. The zero-order valence-corrected chi connectivity index (χ0v) is 15.4. The van der Waals surface area contributed by atoms with Crippen LogP contribution in [0.5, 0.6) is 5.75 Å². The monoisotopic (exact) mass is 355 g/mol. The van der Waals surface area contributed by atoms with Gasteiger partial charge in [0.05, 0.1) is 26.7 Å². The Bertz CT molecular complexity index is 713. The van der Waals surface area contributed by atoms with E-state index in [4.69, 9.17) is 9.47 Å². The van der Waals surface area contributed by atoms with Crippen LogP contribution >= 0.6 is 0 Å². The Labute approximate surface area is 154 Å². The smallest absolute Gasteiger partial charge is 0.307 e. The van der Waals surface area contributed by atoms with Crippen molar-refractivity contribution >= 4 is 11.9 Å². The van der Waals surface area contributed by atoms with Gasteiger partial charge in [-0.25, -0.2) is 0 Å². The van der Waals surface area contributed by atoms with E-state index < -0.39 is 6.04 Å². The molecule has 2 unspecified atom stereocenters. The largest absolute Gasteiger partial charge is 0.497 e. The standard InChI is InChI=1S/C21H25NO4/c1-15(16-7-5-4-6-8-16)13-20(23)22-19(14-21(24)26-3)17-9-11-18(25-2)12-10-17/h4-12,15,19H,13-14H2,1-3H3,(H,22,23). The summed E-state index contributed by atoms with van der Waals surface area (Å²) in [6, 6.07) is 16.7. The number of nitrogens with one attached hydrogen (secondary N) is 1. The summed E-state index contributed by atoms with van der Waals surface area (Å²) in [5.41, 5.74) is 1.94. The minimum Gasteiger partial charge on any atom is -0.497 e. The van der Waals surface area contributed by atoms with Crippen LogP contribution in [0.2, 0.25) is 0 Å². The van der Waals surface area contributed by atoms with E-state index in [1.54, 1.807) is 19.2 Å². The van der Waals surface area contributed by atoms with Crippen molar-refractivity contribution in [1.29, 1.82) is 0 Å². The van der Waals surface area contributed by atoms with E-state index in [0.717, 1.165) is 16.9 Å². The lowest BCUT2D eigenvalue weighted by Crippen LogP contribution is -2.31. The van der Waals surface area contributed by atoms with Crippen LogP contribution in [0.15, 0.2) is 54.6 Å². The van der Waals surface area contributed by atoms with Crippen LogP contribution in [-0.4, -0.2) is 26.1 Å². The molecule has 0 aliphatic heterocycles. The fourth-order valence-corrected chi connectivity index (χ4v) is 2.77. The van der Waals surface area contributed by atoms with Gasteiger partial charge in [0.15, 0.2) is 0 Å². The van der Waals surface area contributed by atoms with Crippen LogP contribution in [0.3, 0.4) is 0 Å². The summed E-state index contributed by atoms with van der Waals surface area (Å²) in [4.78, 5) is 24.3. The lowest BCUT2D eigenvalue weighted by Gasteiger charge is -2.20. The third kappa shape index (κ3) is 5.62. The highest BCUT2D eigenvalue weighted by atomic mass is 16.5. The minimum absolute atomic E-state index is 0.0777. The number of carbonyl (C=O) groups is 2. The van der Waals surface area contributed by atoms with Crippen molar-refractivity contribution in [3.05, 3.63) is 65.7 Å². The average Bonchev–Trinajstić information content (AvgIpc) is 2.68. The van der Waals surface area contributed by atoms with Crippen molar-refractivity contribution in [2.24, 2.45) is 0 Å². The van der Waals surface area contributed by atoms with E-state index >= 15 is 0 Å². The highest BCUT2D eigenvalue weighted by Crippen LogP contribution is 2.23. The molecule has 0 aromatic heterocycles. The molecule has 5 heteroatoms. The molecule has 0 fully saturated rings. The minimum atomic E-state index is -0.441. The van der Waals surface area contributed by atoms with E-state index in [-0.39, 0.29) is 24.2 Å². The SMILES string of the molecule is COC(=O)CC(NC(=O)CC(C)c1ccccc1)c1ccc(OC)cc1. The van der Waals surface area contributed by atoms with E-state index in [1.165, 1.54) is 7.11 Å². The molecule has 0 heterocycles. The van der Waals surface area contributed by atoms with Crippen molar-refractivity contribution < 1.29 is 19.1 Å². The second kappa shape index (κ2) is 9.61. The number of benzene rings is 2. The summed E-state index contributed by atoms with van der Waals surface area (Å²) in [7, 11) is 2.93. The van der Waals surface area contributed by atoms with E-state index in [9.17, 15) is 9.59 Å². The van der Waals surface area contributed by atoms with Crippen LogP contribution in [0.1, 0.15) is 42.9 Å². The van der Waals surface area contributed by atoms with Gasteiger partial charge in [-0.15, -0.1) is 0 Å². The Kier molecular flexibility index (Phi) is 7.21. The van der Waals surface area contributed by atoms with E-state index in [0.29, 0.717) is 6.42 Å². The quantitative estimate of drug-likeness (QED) is 0.735. The van der Waals surface area contributed by atoms with Gasteiger partial charge in [-0.3, -0.25) is 9.59 Å². The first-order valence-electron chi connectivity index (χ1n) is 8.58. The first kappa shape index (κ1) is 19.5. The molecular weight excluding hydrogens is 330 g/mol.